The second kappa shape index (κ2) is 7.77. The molecule has 120 valence electrons. The molecule has 1 aliphatic heterocycles. The second-order valence-corrected chi connectivity index (χ2v) is 7.68. The van der Waals surface area contributed by atoms with Crippen LogP contribution in [0.1, 0.15) is 54.4 Å². The lowest BCUT2D eigenvalue weighted by Crippen LogP contribution is -2.50. The fourth-order valence-electron chi connectivity index (χ4n) is 3.01. The van der Waals surface area contributed by atoms with Gasteiger partial charge in [0.05, 0.1) is 0 Å². The van der Waals surface area contributed by atoms with E-state index in [2.05, 4.69) is 63.7 Å². The van der Waals surface area contributed by atoms with E-state index < -0.39 is 0 Å². The van der Waals surface area contributed by atoms with Gasteiger partial charge in [-0.2, -0.15) is 0 Å². The van der Waals surface area contributed by atoms with Crippen molar-refractivity contribution in [1.29, 1.82) is 0 Å². The zero-order valence-corrected chi connectivity index (χ0v) is 14.9. The summed E-state index contributed by atoms with van der Waals surface area (Å²) in [6.07, 6.45) is 2.65. The zero-order chi connectivity index (χ0) is 15.3. The number of likely N-dealkylation sites (tertiary alicyclic amines) is 1. The summed E-state index contributed by atoms with van der Waals surface area (Å²) in [6.45, 7) is 18.6. The van der Waals surface area contributed by atoms with Gasteiger partial charge in [-0.05, 0) is 79.7 Å². The number of piperidine rings is 1. The Labute approximate surface area is 127 Å². The zero-order valence-electron chi connectivity index (χ0n) is 14.9. The van der Waals surface area contributed by atoms with E-state index in [0.29, 0.717) is 12.0 Å². The van der Waals surface area contributed by atoms with E-state index in [0.717, 1.165) is 12.6 Å². The summed E-state index contributed by atoms with van der Waals surface area (Å²) in [4.78, 5) is 5.20. The van der Waals surface area contributed by atoms with Crippen LogP contribution < -0.4 is 5.32 Å². The summed E-state index contributed by atoms with van der Waals surface area (Å²) < 4.78 is 0. The monoisotopic (exact) mass is 283 g/mol. The molecule has 20 heavy (non-hydrogen) atoms. The van der Waals surface area contributed by atoms with Crippen LogP contribution in [-0.2, 0) is 0 Å². The van der Waals surface area contributed by atoms with Crippen molar-refractivity contribution in [3.05, 3.63) is 0 Å². The molecule has 0 amide bonds. The van der Waals surface area contributed by atoms with Crippen molar-refractivity contribution in [2.75, 3.05) is 33.2 Å². The van der Waals surface area contributed by atoms with Gasteiger partial charge in [0.25, 0.3) is 0 Å². The topological polar surface area (TPSA) is 18.5 Å². The van der Waals surface area contributed by atoms with Crippen molar-refractivity contribution in [1.82, 2.24) is 15.1 Å². The molecule has 1 fully saturated rings. The van der Waals surface area contributed by atoms with E-state index in [4.69, 9.17) is 0 Å². The molecule has 3 heteroatoms. The first-order valence-electron chi connectivity index (χ1n) is 8.44. The van der Waals surface area contributed by atoms with Gasteiger partial charge in [0.15, 0.2) is 0 Å². The van der Waals surface area contributed by atoms with Crippen LogP contribution in [-0.4, -0.2) is 60.6 Å². The van der Waals surface area contributed by atoms with Crippen LogP contribution in [0.25, 0.3) is 0 Å². The highest BCUT2D eigenvalue weighted by Crippen LogP contribution is 2.20. The molecule has 3 nitrogen and oxygen atoms in total. The van der Waals surface area contributed by atoms with Gasteiger partial charge in [0.1, 0.15) is 0 Å². The average molecular weight is 284 g/mol. The molecule has 1 aliphatic rings. The number of nitrogens with zero attached hydrogens (tertiary/aromatic N) is 2. The Morgan fingerprint density at radius 3 is 2.20 bits per heavy atom. The molecular weight excluding hydrogens is 246 g/mol. The molecule has 1 heterocycles. The highest BCUT2D eigenvalue weighted by Gasteiger charge is 2.27. The van der Waals surface area contributed by atoms with E-state index in [1.165, 1.54) is 32.5 Å². The molecule has 1 saturated heterocycles. The number of hydrogen-bond donors (Lipinski definition) is 1. The fourth-order valence-corrected chi connectivity index (χ4v) is 3.01. The Kier molecular flexibility index (Phi) is 6.96. The number of nitrogens with one attached hydrogen (secondary N) is 1. The third kappa shape index (κ3) is 5.71. The number of hydrogen-bond acceptors (Lipinski definition) is 3. The number of rotatable bonds is 6. The maximum atomic E-state index is 3.64. The van der Waals surface area contributed by atoms with Crippen LogP contribution in [0.3, 0.4) is 0 Å². The van der Waals surface area contributed by atoms with Gasteiger partial charge >= 0.3 is 0 Å². The summed E-state index contributed by atoms with van der Waals surface area (Å²) in [5.74, 6) is 0.684. The van der Waals surface area contributed by atoms with Gasteiger partial charge < -0.3 is 15.1 Å². The van der Waals surface area contributed by atoms with Crippen LogP contribution in [0.5, 0.6) is 0 Å². The second-order valence-electron chi connectivity index (χ2n) is 7.68. The quantitative estimate of drug-likeness (QED) is 0.809. The molecule has 0 aromatic rings. The van der Waals surface area contributed by atoms with Crippen molar-refractivity contribution in [2.45, 2.75) is 72.0 Å². The Morgan fingerprint density at radius 2 is 1.75 bits per heavy atom. The van der Waals surface area contributed by atoms with Crippen molar-refractivity contribution in [2.24, 2.45) is 5.92 Å². The molecule has 0 saturated carbocycles. The maximum Gasteiger partial charge on any atom is 0.0119 e. The maximum absolute atomic E-state index is 3.64. The van der Waals surface area contributed by atoms with Crippen LogP contribution in [0.2, 0.25) is 0 Å². The lowest BCUT2D eigenvalue weighted by Gasteiger charge is -2.41. The van der Waals surface area contributed by atoms with Gasteiger partial charge in [-0.1, -0.05) is 13.8 Å². The highest BCUT2D eigenvalue weighted by atomic mass is 15.2. The molecule has 2 atom stereocenters. The molecule has 0 spiro atoms. The van der Waals surface area contributed by atoms with Crippen molar-refractivity contribution in [3.63, 3.8) is 0 Å². The summed E-state index contributed by atoms with van der Waals surface area (Å²) in [7, 11) is 2.32. The molecular formula is C17H37N3. The Bertz CT molecular complexity index is 264. The predicted octanol–water partition coefficient (Wildman–Crippen LogP) is 2.82. The molecule has 0 aromatic heterocycles. The van der Waals surface area contributed by atoms with Gasteiger partial charge in [-0.15, -0.1) is 0 Å². The minimum atomic E-state index is 0.221. The Hall–Kier alpha value is -0.120. The largest absolute Gasteiger partial charge is 0.312 e. The van der Waals surface area contributed by atoms with Crippen molar-refractivity contribution >= 4 is 0 Å². The van der Waals surface area contributed by atoms with Crippen LogP contribution >= 0.6 is 0 Å². The van der Waals surface area contributed by atoms with Crippen molar-refractivity contribution in [3.8, 4) is 0 Å². The lowest BCUT2D eigenvalue weighted by atomic mass is 9.96. The smallest absolute Gasteiger partial charge is 0.0119 e. The molecule has 1 N–H and O–H groups in total. The van der Waals surface area contributed by atoms with Crippen molar-refractivity contribution < 1.29 is 0 Å². The minimum absolute atomic E-state index is 0.221. The molecule has 0 aromatic carbocycles. The summed E-state index contributed by atoms with van der Waals surface area (Å²) >= 11 is 0. The third-order valence-corrected chi connectivity index (χ3v) is 5.00. The highest BCUT2D eigenvalue weighted by molar-refractivity contribution is 4.84. The molecule has 1 rings (SSSR count). The minimum Gasteiger partial charge on any atom is -0.312 e. The summed E-state index contributed by atoms with van der Waals surface area (Å²) in [6, 6.07) is 1.41. The molecule has 0 aliphatic carbocycles. The molecule has 2 unspecified atom stereocenters. The summed E-state index contributed by atoms with van der Waals surface area (Å²) in [5, 5.41) is 3.64. The van der Waals surface area contributed by atoms with Gasteiger partial charge in [-0.3, -0.25) is 0 Å². The third-order valence-electron chi connectivity index (χ3n) is 5.00. The Balaban J connectivity index is 2.40. The molecule has 0 bridgehead atoms. The van der Waals surface area contributed by atoms with E-state index in [9.17, 15) is 0 Å². The van der Waals surface area contributed by atoms with E-state index in [1.807, 2.05) is 0 Å². The first kappa shape index (κ1) is 17.9. The average Bonchev–Trinajstić information content (AvgIpc) is 2.42. The Morgan fingerprint density at radius 1 is 1.20 bits per heavy atom. The van der Waals surface area contributed by atoms with E-state index >= 15 is 0 Å². The van der Waals surface area contributed by atoms with Crippen LogP contribution in [0.4, 0.5) is 0 Å². The van der Waals surface area contributed by atoms with E-state index in [-0.39, 0.29) is 5.54 Å². The fraction of sp³-hybridized carbons (Fsp3) is 1.00. The standard InChI is InChI=1S/C17H37N3/c1-8-20-11-9-16(10-12-20)19(7)15(3)14(2)13-18-17(4,5)6/h14-16,18H,8-13H2,1-7H3. The first-order valence-corrected chi connectivity index (χ1v) is 8.44. The van der Waals surface area contributed by atoms with Crippen LogP contribution in [0, 0.1) is 5.92 Å². The SMILES string of the molecule is CCN1CCC(N(C)C(C)C(C)CNC(C)(C)C)CC1. The molecule has 0 radical (unpaired) electrons. The summed E-state index contributed by atoms with van der Waals surface area (Å²) in [5.41, 5.74) is 0.221. The lowest BCUT2D eigenvalue weighted by molar-refractivity contribution is 0.0820. The van der Waals surface area contributed by atoms with E-state index in [1.54, 1.807) is 0 Å². The normalized spacial score (nSPS) is 22.2. The first-order chi connectivity index (χ1) is 9.24. The van der Waals surface area contributed by atoms with Gasteiger partial charge in [-0.25, -0.2) is 0 Å². The van der Waals surface area contributed by atoms with Gasteiger partial charge in [0, 0.05) is 17.6 Å². The predicted molar refractivity (Wildman–Crippen MR) is 89.3 cm³/mol. The van der Waals surface area contributed by atoms with Crippen LogP contribution in [0.15, 0.2) is 0 Å². The van der Waals surface area contributed by atoms with Gasteiger partial charge in [0.2, 0.25) is 0 Å².